The van der Waals surface area contributed by atoms with Crippen molar-refractivity contribution in [3.8, 4) is 0 Å². The molecular weight excluding hydrogens is 306 g/mol. The van der Waals surface area contributed by atoms with E-state index < -0.39 is 0 Å². The zero-order valence-corrected chi connectivity index (χ0v) is 12.0. The summed E-state index contributed by atoms with van der Waals surface area (Å²) in [5.74, 6) is -0.171. The van der Waals surface area contributed by atoms with Crippen LogP contribution in [0.3, 0.4) is 0 Å². The first-order chi connectivity index (χ1) is 9.08. The van der Waals surface area contributed by atoms with Crippen molar-refractivity contribution in [2.24, 2.45) is 0 Å². The molecule has 1 atom stereocenters. The van der Waals surface area contributed by atoms with Crippen molar-refractivity contribution in [1.29, 1.82) is 0 Å². The van der Waals surface area contributed by atoms with Crippen LogP contribution >= 0.6 is 15.9 Å². The van der Waals surface area contributed by atoms with Gasteiger partial charge in [0.1, 0.15) is 0 Å². The van der Waals surface area contributed by atoms with Crippen molar-refractivity contribution < 1.29 is 4.79 Å². The Morgan fingerprint density at radius 3 is 2.89 bits per heavy atom. The molecule has 4 nitrogen and oxygen atoms in total. The Morgan fingerprint density at radius 2 is 2.21 bits per heavy atom. The number of rotatable bonds is 3. The average molecular weight is 320 g/mol. The SMILES string of the molecule is CC(NC(=O)c1cc(N)ccc1Br)c1cccnc1. The summed E-state index contributed by atoms with van der Waals surface area (Å²) < 4.78 is 0.720. The van der Waals surface area contributed by atoms with Crippen LogP contribution in [0.1, 0.15) is 28.9 Å². The number of halogens is 1. The lowest BCUT2D eigenvalue weighted by molar-refractivity contribution is 0.0939. The Morgan fingerprint density at radius 1 is 1.42 bits per heavy atom. The summed E-state index contributed by atoms with van der Waals surface area (Å²) in [5, 5.41) is 2.92. The average Bonchev–Trinajstić information content (AvgIpc) is 2.42. The molecular formula is C14H14BrN3O. The van der Waals surface area contributed by atoms with E-state index in [-0.39, 0.29) is 11.9 Å². The number of anilines is 1. The van der Waals surface area contributed by atoms with Gasteiger partial charge in [0.05, 0.1) is 11.6 Å². The van der Waals surface area contributed by atoms with Crippen LogP contribution in [-0.2, 0) is 0 Å². The first-order valence-corrected chi connectivity index (χ1v) is 6.63. The molecule has 5 heteroatoms. The Bertz CT molecular complexity index is 586. The lowest BCUT2D eigenvalue weighted by Gasteiger charge is -2.14. The van der Waals surface area contributed by atoms with Gasteiger partial charge in [-0.15, -0.1) is 0 Å². The van der Waals surface area contributed by atoms with Crippen LogP contribution in [-0.4, -0.2) is 10.9 Å². The second-order valence-corrected chi connectivity index (χ2v) is 5.08. The van der Waals surface area contributed by atoms with Gasteiger partial charge in [0.15, 0.2) is 0 Å². The van der Waals surface area contributed by atoms with Crippen LogP contribution in [0.2, 0.25) is 0 Å². The van der Waals surface area contributed by atoms with Crippen molar-refractivity contribution in [3.05, 3.63) is 58.3 Å². The molecule has 2 rings (SSSR count). The fraction of sp³-hybridized carbons (Fsp3) is 0.143. The minimum atomic E-state index is -0.171. The minimum Gasteiger partial charge on any atom is -0.399 e. The van der Waals surface area contributed by atoms with Crippen molar-refractivity contribution in [2.75, 3.05) is 5.73 Å². The van der Waals surface area contributed by atoms with Gasteiger partial charge in [0.25, 0.3) is 5.91 Å². The van der Waals surface area contributed by atoms with Gasteiger partial charge >= 0.3 is 0 Å². The minimum absolute atomic E-state index is 0.116. The van der Waals surface area contributed by atoms with E-state index in [2.05, 4.69) is 26.2 Å². The van der Waals surface area contributed by atoms with Gasteiger partial charge in [-0.25, -0.2) is 0 Å². The van der Waals surface area contributed by atoms with Gasteiger partial charge in [-0.2, -0.15) is 0 Å². The zero-order valence-electron chi connectivity index (χ0n) is 10.4. The Kier molecular flexibility index (Phi) is 4.16. The molecule has 0 saturated carbocycles. The molecule has 0 radical (unpaired) electrons. The highest BCUT2D eigenvalue weighted by Crippen LogP contribution is 2.20. The van der Waals surface area contributed by atoms with Crippen LogP contribution in [0, 0.1) is 0 Å². The number of nitrogens with zero attached hydrogens (tertiary/aromatic N) is 1. The van der Waals surface area contributed by atoms with Gasteiger partial charge in [-0.3, -0.25) is 9.78 Å². The molecule has 1 aromatic carbocycles. The maximum Gasteiger partial charge on any atom is 0.252 e. The van der Waals surface area contributed by atoms with Gasteiger partial charge < -0.3 is 11.1 Å². The van der Waals surface area contributed by atoms with E-state index in [1.165, 1.54) is 0 Å². The monoisotopic (exact) mass is 319 g/mol. The van der Waals surface area contributed by atoms with E-state index in [0.717, 1.165) is 10.0 Å². The number of nitrogens with two attached hydrogens (primary N) is 1. The summed E-state index contributed by atoms with van der Waals surface area (Å²) in [6.45, 7) is 1.91. The van der Waals surface area contributed by atoms with Crippen molar-refractivity contribution >= 4 is 27.5 Å². The number of carbonyl (C=O) groups is 1. The molecule has 0 fully saturated rings. The van der Waals surface area contributed by atoms with Gasteiger partial charge in [0, 0.05) is 22.6 Å². The number of nitrogens with one attached hydrogen (secondary N) is 1. The predicted molar refractivity (Wildman–Crippen MR) is 78.7 cm³/mol. The molecule has 0 bridgehead atoms. The highest BCUT2D eigenvalue weighted by molar-refractivity contribution is 9.10. The Labute approximate surface area is 120 Å². The smallest absolute Gasteiger partial charge is 0.252 e. The summed E-state index contributed by atoms with van der Waals surface area (Å²) >= 11 is 3.35. The number of hydrogen-bond donors (Lipinski definition) is 2. The molecule has 1 aromatic heterocycles. The number of hydrogen-bond acceptors (Lipinski definition) is 3. The number of pyridine rings is 1. The highest BCUT2D eigenvalue weighted by atomic mass is 79.9. The largest absolute Gasteiger partial charge is 0.399 e. The zero-order chi connectivity index (χ0) is 13.8. The molecule has 0 spiro atoms. The molecule has 1 amide bonds. The van der Waals surface area contributed by atoms with E-state index in [1.54, 1.807) is 30.6 Å². The fourth-order valence-corrected chi connectivity index (χ4v) is 2.13. The molecule has 1 unspecified atom stereocenters. The third-order valence-electron chi connectivity index (χ3n) is 2.77. The van der Waals surface area contributed by atoms with Crippen LogP contribution < -0.4 is 11.1 Å². The first kappa shape index (κ1) is 13.5. The van der Waals surface area contributed by atoms with Crippen molar-refractivity contribution in [1.82, 2.24) is 10.3 Å². The molecule has 19 heavy (non-hydrogen) atoms. The normalized spacial score (nSPS) is 11.9. The number of benzene rings is 1. The molecule has 3 N–H and O–H groups in total. The lowest BCUT2D eigenvalue weighted by Crippen LogP contribution is -2.27. The first-order valence-electron chi connectivity index (χ1n) is 5.83. The number of amides is 1. The third-order valence-corrected chi connectivity index (χ3v) is 3.46. The van der Waals surface area contributed by atoms with Crippen LogP contribution in [0.25, 0.3) is 0 Å². The maximum atomic E-state index is 12.2. The molecule has 0 aliphatic heterocycles. The van der Waals surface area contributed by atoms with Crippen LogP contribution in [0.4, 0.5) is 5.69 Å². The predicted octanol–water partition coefficient (Wildman–Crippen LogP) is 2.92. The summed E-state index contributed by atoms with van der Waals surface area (Å²) in [4.78, 5) is 16.2. The Hall–Kier alpha value is -1.88. The molecule has 0 aliphatic carbocycles. The second kappa shape index (κ2) is 5.84. The topological polar surface area (TPSA) is 68.0 Å². The summed E-state index contributed by atoms with van der Waals surface area (Å²) in [7, 11) is 0. The highest BCUT2D eigenvalue weighted by Gasteiger charge is 2.14. The maximum absolute atomic E-state index is 12.2. The van der Waals surface area contributed by atoms with Crippen molar-refractivity contribution in [2.45, 2.75) is 13.0 Å². The van der Waals surface area contributed by atoms with E-state index in [0.29, 0.717) is 11.3 Å². The van der Waals surface area contributed by atoms with E-state index in [1.807, 2.05) is 19.1 Å². The van der Waals surface area contributed by atoms with E-state index in [4.69, 9.17) is 5.73 Å². The van der Waals surface area contributed by atoms with E-state index >= 15 is 0 Å². The van der Waals surface area contributed by atoms with Gasteiger partial charge in [-0.1, -0.05) is 6.07 Å². The third kappa shape index (κ3) is 3.32. The number of nitrogen functional groups attached to an aromatic ring is 1. The quantitative estimate of drug-likeness (QED) is 0.855. The van der Waals surface area contributed by atoms with Crippen LogP contribution in [0.5, 0.6) is 0 Å². The summed E-state index contributed by atoms with van der Waals surface area (Å²) in [6.07, 6.45) is 3.44. The standard InChI is InChI=1S/C14H14BrN3O/c1-9(10-3-2-6-17-8-10)18-14(19)12-7-11(16)4-5-13(12)15/h2-9H,16H2,1H3,(H,18,19). The molecule has 98 valence electrons. The summed E-state index contributed by atoms with van der Waals surface area (Å²) in [5.41, 5.74) is 7.73. The fourth-order valence-electron chi connectivity index (χ4n) is 1.71. The second-order valence-electron chi connectivity index (χ2n) is 4.22. The van der Waals surface area contributed by atoms with Crippen LogP contribution in [0.15, 0.2) is 47.2 Å². The molecule has 1 heterocycles. The Balaban J connectivity index is 2.15. The lowest BCUT2D eigenvalue weighted by atomic mass is 10.1. The number of carbonyl (C=O) groups excluding carboxylic acids is 1. The van der Waals surface area contributed by atoms with Gasteiger partial charge in [-0.05, 0) is 52.7 Å². The summed E-state index contributed by atoms with van der Waals surface area (Å²) in [6, 6.07) is 8.80. The van der Waals surface area contributed by atoms with Gasteiger partial charge in [0.2, 0.25) is 0 Å². The molecule has 2 aromatic rings. The van der Waals surface area contributed by atoms with Crippen molar-refractivity contribution in [3.63, 3.8) is 0 Å². The van der Waals surface area contributed by atoms with E-state index in [9.17, 15) is 4.79 Å². The molecule has 0 saturated heterocycles. The molecule has 0 aliphatic rings. The number of aromatic nitrogens is 1.